The van der Waals surface area contributed by atoms with E-state index in [1.807, 2.05) is 20.9 Å². The highest BCUT2D eigenvalue weighted by atomic mass is 19.4. The molecule has 5 rings (SSSR count). The lowest BCUT2D eigenvalue weighted by atomic mass is 9.87. The number of aromatic nitrogens is 2. The van der Waals surface area contributed by atoms with E-state index < -0.39 is 59.1 Å². The molecule has 1 aromatic heterocycles. The number of rotatable bonds is 10. The van der Waals surface area contributed by atoms with Crippen molar-refractivity contribution in [1.29, 1.82) is 0 Å². The van der Waals surface area contributed by atoms with Gasteiger partial charge in [-0.15, -0.1) is 0 Å². The third-order valence-corrected chi connectivity index (χ3v) is 10.4. The highest BCUT2D eigenvalue weighted by Crippen LogP contribution is 2.41. The van der Waals surface area contributed by atoms with E-state index in [9.17, 15) is 35.9 Å². The fraction of sp³-hybridized carbons (Fsp3) is 0.629. The van der Waals surface area contributed by atoms with E-state index in [2.05, 4.69) is 15.1 Å². The Labute approximate surface area is 293 Å². The van der Waals surface area contributed by atoms with Crippen LogP contribution in [-0.2, 0) is 33.2 Å². The van der Waals surface area contributed by atoms with Crippen molar-refractivity contribution in [3.8, 4) is 0 Å². The quantitative estimate of drug-likeness (QED) is 0.184. The number of alkyl halides is 6. The standard InChI is InChI=1S/C35H44F6N6O4/c1-5-27-14-29(15-28(6-2)47(27)32(49)51-21-33(30(48)50-4)9-7-8-10-33)46(31-42-16-23(17-43-31)24-18-44-45(3)20-24)19-22-11-25(34(36,37)38)13-26(12-22)35(39,40)41/h11-13,16-18,24,27-29H,5-10,14-15,19-21H2,1-4H3/t24?,27-,28+,29+. The molecule has 2 aliphatic heterocycles. The van der Waals surface area contributed by atoms with Gasteiger partial charge in [-0.25, -0.2) is 14.8 Å². The van der Waals surface area contributed by atoms with Gasteiger partial charge in [-0.2, -0.15) is 31.4 Å². The van der Waals surface area contributed by atoms with Gasteiger partial charge in [0, 0.05) is 62.8 Å². The minimum Gasteiger partial charge on any atom is -0.468 e. The van der Waals surface area contributed by atoms with Gasteiger partial charge in [0.2, 0.25) is 5.95 Å². The Balaban J connectivity index is 1.46. The normalized spacial score (nSPS) is 23.4. The zero-order chi connectivity index (χ0) is 37.1. The summed E-state index contributed by atoms with van der Waals surface area (Å²) < 4.78 is 93.9. The minimum atomic E-state index is -5.01. The van der Waals surface area contributed by atoms with E-state index in [0.29, 0.717) is 45.1 Å². The van der Waals surface area contributed by atoms with E-state index >= 15 is 0 Å². The average molecular weight is 727 g/mol. The van der Waals surface area contributed by atoms with Crippen LogP contribution in [0.5, 0.6) is 0 Å². The molecule has 4 atom stereocenters. The van der Waals surface area contributed by atoms with Crippen LogP contribution in [0.2, 0.25) is 0 Å². The summed E-state index contributed by atoms with van der Waals surface area (Å²) in [5.41, 5.74) is -3.16. The highest BCUT2D eigenvalue weighted by Gasteiger charge is 2.46. The second-order valence-corrected chi connectivity index (χ2v) is 13.8. The number of hydrazone groups is 1. The number of carbonyl (C=O) groups excluding carboxylic acids is 2. The molecule has 1 aliphatic carbocycles. The number of nitrogens with zero attached hydrogens (tertiary/aromatic N) is 6. The predicted molar refractivity (Wildman–Crippen MR) is 176 cm³/mol. The Kier molecular flexibility index (Phi) is 11.4. The van der Waals surface area contributed by atoms with Crippen molar-refractivity contribution in [2.75, 3.05) is 32.2 Å². The molecule has 1 aromatic carbocycles. The van der Waals surface area contributed by atoms with Gasteiger partial charge in [0.15, 0.2) is 0 Å². The summed E-state index contributed by atoms with van der Waals surface area (Å²) in [5, 5.41) is 6.00. The summed E-state index contributed by atoms with van der Waals surface area (Å²) in [6, 6.07) is 0.315. The van der Waals surface area contributed by atoms with Crippen LogP contribution in [0.3, 0.4) is 0 Å². The Bertz CT molecular complexity index is 1520. The molecular formula is C35H44F6N6O4. The zero-order valence-corrected chi connectivity index (χ0v) is 29.1. The van der Waals surface area contributed by atoms with E-state index in [-0.39, 0.29) is 36.6 Å². The van der Waals surface area contributed by atoms with E-state index in [4.69, 9.17) is 9.47 Å². The summed E-state index contributed by atoms with van der Waals surface area (Å²) in [6.07, 6.45) is -1.29. The number of carbonyl (C=O) groups is 2. The number of likely N-dealkylation sites (tertiary alicyclic amines) is 1. The predicted octanol–water partition coefficient (Wildman–Crippen LogP) is 7.43. The number of likely N-dealkylation sites (N-methyl/N-ethyl adjacent to an activating group) is 1. The van der Waals surface area contributed by atoms with Crippen LogP contribution in [-0.4, -0.2) is 83.6 Å². The van der Waals surface area contributed by atoms with E-state index in [1.54, 1.807) is 33.4 Å². The highest BCUT2D eigenvalue weighted by molar-refractivity contribution is 5.78. The van der Waals surface area contributed by atoms with Gasteiger partial charge in [0.25, 0.3) is 0 Å². The summed E-state index contributed by atoms with van der Waals surface area (Å²) in [7, 11) is 3.13. The maximum Gasteiger partial charge on any atom is 0.416 e. The van der Waals surface area contributed by atoms with Crippen LogP contribution < -0.4 is 4.90 Å². The second kappa shape index (κ2) is 15.2. The molecule has 10 nitrogen and oxygen atoms in total. The smallest absolute Gasteiger partial charge is 0.416 e. The maximum atomic E-state index is 13.8. The molecule has 3 aliphatic rings. The lowest BCUT2D eigenvalue weighted by Crippen LogP contribution is -2.57. The van der Waals surface area contributed by atoms with Crippen molar-refractivity contribution in [2.45, 2.75) is 108 Å². The van der Waals surface area contributed by atoms with E-state index in [1.165, 1.54) is 7.11 Å². The van der Waals surface area contributed by atoms with Crippen LogP contribution in [0, 0.1) is 5.41 Å². The summed E-state index contributed by atoms with van der Waals surface area (Å²) >= 11 is 0. The first-order chi connectivity index (χ1) is 24.1. The molecule has 0 spiro atoms. The van der Waals surface area contributed by atoms with Gasteiger partial charge in [-0.1, -0.05) is 26.7 Å². The molecule has 3 heterocycles. The molecule has 280 valence electrons. The van der Waals surface area contributed by atoms with Gasteiger partial charge >= 0.3 is 24.4 Å². The Morgan fingerprint density at radius 3 is 1.98 bits per heavy atom. The maximum absolute atomic E-state index is 13.8. The first-order valence-corrected chi connectivity index (χ1v) is 17.2. The lowest BCUT2D eigenvalue weighted by molar-refractivity contribution is -0.155. The van der Waals surface area contributed by atoms with Crippen molar-refractivity contribution in [1.82, 2.24) is 19.9 Å². The van der Waals surface area contributed by atoms with Crippen LogP contribution in [0.1, 0.15) is 93.4 Å². The monoisotopic (exact) mass is 726 g/mol. The SMILES string of the molecule is CC[C@@H]1C[C@H](N(Cc2cc(C(F)(F)F)cc(C(F)(F)F)c2)c2ncc(C3C=NN(C)C3)cn2)C[C@H](CC)N1C(=O)OCC1(C(=O)OC)CCCC1. The Hall–Kier alpha value is -4.11. The van der Waals surface area contributed by atoms with Crippen molar-refractivity contribution < 1.29 is 45.4 Å². The fourth-order valence-corrected chi connectivity index (χ4v) is 7.59. The third kappa shape index (κ3) is 8.52. The van der Waals surface area contributed by atoms with Crippen LogP contribution in [0.15, 0.2) is 35.7 Å². The molecular weight excluding hydrogens is 682 g/mol. The molecule has 0 bridgehead atoms. The van der Waals surface area contributed by atoms with Gasteiger partial charge in [0.05, 0.1) is 18.2 Å². The fourth-order valence-electron chi connectivity index (χ4n) is 7.59. The van der Waals surface area contributed by atoms with Gasteiger partial charge in [-0.3, -0.25) is 9.80 Å². The molecule has 1 amide bonds. The molecule has 51 heavy (non-hydrogen) atoms. The zero-order valence-electron chi connectivity index (χ0n) is 29.1. The van der Waals surface area contributed by atoms with Crippen LogP contribution in [0.25, 0.3) is 0 Å². The van der Waals surface area contributed by atoms with E-state index in [0.717, 1.165) is 30.5 Å². The molecule has 1 unspecified atom stereocenters. The Morgan fingerprint density at radius 1 is 0.941 bits per heavy atom. The van der Waals surface area contributed by atoms with Crippen molar-refractivity contribution in [2.24, 2.45) is 10.5 Å². The molecule has 0 N–H and O–H groups in total. The molecule has 0 radical (unpaired) electrons. The number of anilines is 1. The first kappa shape index (κ1) is 38.1. The number of ether oxygens (including phenoxy) is 2. The van der Waals surface area contributed by atoms with Crippen LogP contribution >= 0.6 is 0 Å². The number of halogens is 6. The Morgan fingerprint density at radius 2 is 1.51 bits per heavy atom. The van der Waals surface area contributed by atoms with Crippen molar-refractivity contribution in [3.63, 3.8) is 0 Å². The molecule has 1 saturated heterocycles. The number of hydrogen-bond donors (Lipinski definition) is 0. The molecule has 2 fully saturated rings. The third-order valence-electron chi connectivity index (χ3n) is 10.4. The second-order valence-electron chi connectivity index (χ2n) is 13.8. The van der Waals surface area contributed by atoms with Crippen molar-refractivity contribution >= 4 is 24.2 Å². The molecule has 1 saturated carbocycles. The number of benzene rings is 1. The van der Waals surface area contributed by atoms with Gasteiger partial charge < -0.3 is 19.3 Å². The lowest BCUT2D eigenvalue weighted by Gasteiger charge is -2.47. The minimum absolute atomic E-state index is 0.0824. The number of hydrogen-bond acceptors (Lipinski definition) is 9. The van der Waals surface area contributed by atoms with Crippen molar-refractivity contribution in [3.05, 3.63) is 52.8 Å². The number of methoxy groups -OCH3 is 1. The van der Waals surface area contributed by atoms with Gasteiger partial charge in [0.1, 0.15) is 12.0 Å². The molecule has 16 heteroatoms. The topological polar surface area (TPSA) is 100 Å². The van der Waals surface area contributed by atoms with Gasteiger partial charge in [-0.05, 0) is 67.9 Å². The number of piperidine rings is 1. The first-order valence-electron chi connectivity index (χ1n) is 17.2. The summed E-state index contributed by atoms with van der Waals surface area (Å²) in [5.74, 6) is -0.358. The molecule has 2 aromatic rings. The summed E-state index contributed by atoms with van der Waals surface area (Å²) in [4.78, 5) is 38.8. The largest absolute Gasteiger partial charge is 0.468 e. The average Bonchev–Trinajstić information content (AvgIpc) is 3.77. The number of amides is 1. The van der Waals surface area contributed by atoms with Crippen LogP contribution in [0.4, 0.5) is 37.1 Å². The number of esters is 1. The summed E-state index contributed by atoms with van der Waals surface area (Å²) in [6.45, 7) is 3.93.